The summed E-state index contributed by atoms with van der Waals surface area (Å²) in [7, 11) is -0.993. The zero-order valence-electron chi connectivity index (χ0n) is 18.6. The van der Waals surface area contributed by atoms with Crippen LogP contribution < -0.4 is 20.9 Å². The summed E-state index contributed by atoms with van der Waals surface area (Å²) >= 11 is 0. The Bertz CT molecular complexity index is 1480. The van der Waals surface area contributed by atoms with Gasteiger partial charge in [0.15, 0.2) is 10.7 Å². The largest absolute Gasteiger partial charge is 0.457 e. The highest BCUT2D eigenvalue weighted by molar-refractivity contribution is 7.72. The van der Waals surface area contributed by atoms with Crippen LogP contribution in [0.2, 0.25) is 0 Å². The van der Waals surface area contributed by atoms with Crippen LogP contribution >= 0.6 is 0 Å². The molecule has 3 N–H and O–H groups in total. The molecule has 0 aliphatic heterocycles. The summed E-state index contributed by atoms with van der Waals surface area (Å²) in [5, 5.41) is 6.14. The number of hydrogen-bond acceptors (Lipinski definition) is 6. The number of aromatic nitrogens is 2. The molecule has 0 unspecified atom stereocenters. The molecule has 10 heteroatoms. The zero-order valence-corrected chi connectivity index (χ0v) is 19.5. The Hall–Kier alpha value is -4.05. The number of nitrogens with one attached hydrogen (secondary N) is 3. The average Bonchev–Trinajstić information content (AvgIpc) is 3.28. The van der Waals surface area contributed by atoms with Gasteiger partial charge in [0.1, 0.15) is 28.6 Å². The third kappa shape index (κ3) is 4.81. The van der Waals surface area contributed by atoms with E-state index < -0.39 is 10.7 Å². The fourth-order valence-electron chi connectivity index (χ4n) is 3.64. The molecule has 34 heavy (non-hydrogen) atoms. The number of fused-ring (bicyclic) bond motifs is 1. The molecule has 0 atom stereocenters. The molecule has 2 aromatic heterocycles. The summed E-state index contributed by atoms with van der Waals surface area (Å²) in [6, 6.07) is 16.1. The van der Waals surface area contributed by atoms with Gasteiger partial charge in [-0.05, 0) is 43.3 Å². The lowest BCUT2D eigenvalue weighted by Crippen LogP contribution is -2.23. The number of para-hydroxylation sites is 1. The van der Waals surface area contributed by atoms with Crippen molar-refractivity contribution in [1.29, 1.82) is 0 Å². The number of benzene rings is 2. The van der Waals surface area contributed by atoms with Gasteiger partial charge in [0, 0.05) is 42.0 Å². The van der Waals surface area contributed by atoms with E-state index in [1.165, 1.54) is 4.57 Å². The van der Waals surface area contributed by atoms with Crippen molar-refractivity contribution < 1.29 is 17.9 Å². The minimum atomic E-state index is -2.62. The molecule has 4 aromatic rings. The number of aryl methyl sites for hydroxylation is 1. The van der Waals surface area contributed by atoms with Gasteiger partial charge in [-0.15, -0.1) is 0 Å². The molecule has 2 aromatic carbocycles. The van der Waals surface area contributed by atoms with Crippen LogP contribution in [0, 0.1) is 0 Å². The second kappa shape index (κ2) is 9.84. The highest BCUT2D eigenvalue weighted by Crippen LogP contribution is 2.38. The Morgan fingerprint density at radius 1 is 1.09 bits per heavy atom. The topological polar surface area (TPSA) is 122 Å². The van der Waals surface area contributed by atoms with Crippen LogP contribution in [-0.4, -0.2) is 36.3 Å². The van der Waals surface area contributed by atoms with E-state index >= 15 is 0 Å². The van der Waals surface area contributed by atoms with E-state index in [-0.39, 0.29) is 28.6 Å². The number of carbonyl (C=O) groups excluding carboxylic acids is 1. The van der Waals surface area contributed by atoms with Crippen LogP contribution in [-0.2, 0) is 17.8 Å². The summed E-state index contributed by atoms with van der Waals surface area (Å²) in [5.74, 6) is 0.582. The SMILES string of the molecule is CCNC(=O)c1cc2c(-c3cc(NC[SH](=O)=O)ccc3Oc3ccccc3)cn(C)c(=O)c2[nH]1. The molecule has 0 fully saturated rings. The van der Waals surface area contributed by atoms with E-state index in [2.05, 4.69) is 15.6 Å². The number of aromatic amines is 1. The number of hydrogen-bond donors (Lipinski definition) is 4. The van der Waals surface area contributed by atoms with Crippen molar-refractivity contribution in [2.24, 2.45) is 7.05 Å². The van der Waals surface area contributed by atoms with Crippen molar-refractivity contribution in [2.45, 2.75) is 6.92 Å². The molecular weight excluding hydrogens is 456 g/mol. The van der Waals surface area contributed by atoms with Gasteiger partial charge in [-0.25, -0.2) is 8.42 Å². The molecule has 9 nitrogen and oxygen atoms in total. The Morgan fingerprint density at radius 2 is 1.85 bits per heavy atom. The fourth-order valence-corrected chi connectivity index (χ4v) is 3.95. The predicted octanol–water partition coefficient (Wildman–Crippen LogP) is 3.06. The highest BCUT2D eigenvalue weighted by atomic mass is 32.2. The minimum absolute atomic E-state index is 0.220. The van der Waals surface area contributed by atoms with Crippen molar-refractivity contribution in [3.63, 3.8) is 0 Å². The number of carbonyl (C=O) groups is 1. The number of nitrogens with zero attached hydrogens (tertiary/aromatic N) is 1. The number of anilines is 1. The lowest BCUT2D eigenvalue weighted by Gasteiger charge is -2.15. The van der Waals surface area contributed by atoms with E-state index in [9.17, 15) is 18.0 Å². The summed E-state index contributed by atoms with van der Waals surface area (Å²) in [5.41, 5.74) is 2.10. The second-order valence-corrected chi connectivity index (χ2v) is 8.57. The normalized spacial score (nSPS) is 11.0. The Kier molecular flexibility index (Phi) is 6.69. The van der Waals surface area contributed by atoms with Crippen LogP contribution in [0.15, 0.2) is 65.6 Å². The first-order valence-corrected chi connectivity index (χ1v) is 12.0. The number of amides is 1. The molecule has 4 rings (SSSR count). The number of H-pyrrole nitrogens is 1. The maximum Gasteiger partial charge on any atom is 0.274 e. The fraction of sp³-hybridized carbons (Fsp3) is 0.167. The van der Waals surface area contributed by atoms with E-state index in [1.54, 1.807) is 37.5 Å². The molecular formula is C24H24N4O5S. The first-order valence-electron chi connectivity index (χ1n) is 10.6. The Balaban J connectivity index is 1.92. The van der Waals surface area contributed by atoms with Crippen molar-refractivity contribution in [3.05, 3.63) is 76.8 Å². The average molecular weight is 481 g/mol. The number of pyridine rings is 1. The van der Waals surface area contributed by atoms with Crippen molar-refractivity contribution in [1.82, 2.24) is 14.9 Å². The van der Waals surface area contributed by atoms with Crippen LogP contribution in [0.3, 0.4) is 0 Å². The van der Waals surface area contributed by atoms with Crippen LogP contribution in [0.1, 0.15) is 17.4 Å². The Morgan fingerprint density at radius 3 is 2.56 bits per heavy atom. The van der Waals surface area contributed by atoms with E-state index in [4.69, 9.17) is 4.74 Å². The molecule has 0 spiro atoms. The summed E-state index contributed by atoms with van der Waals surface area (Å²) in [6.45, 7) is 2.26. The minimum Gasteiger partial charge on any atom is -0.457 e. The first kappa shape index (κ1) is 23.1. The molecule has 0 radical (unpaired) electrons. The van der Waals surface area contributed by atoms with Crippen LogP contribution in [0.4, 0.5) is 5.69 Å². The number of thiol groups is 1. The smallest absolute Gasteiger partial charge is 0.274 e. The number of rotatable bonds is 8. The maximum absolute atomic E-state index is 12.8. The Labute approximate surface area is 197 Å². The summed E-state index contributed by atoms with van der Waals surface area (Å²) < 4.78 is 29.7. The highest BCUT2D eigenvalue weighted by Gasteiger charge is 2.19. The zero-order chi connectivity index (χ0) is 24.2. The van der Waals surface area contributed by atoms with Crippen molar-refractivity contribution in [3.8, 4) is 22.6 Å². The van der Waals surface area contributed by atoms with Gasteiger partial charge in [-0.3, -0.25) is 9.59 Å². The van der Waals surface area contributed by atoms with Crippen LogP contribution in [0.5, 0.6) is 11.5 Å². The van der Waals surface area contributed by atoms with Gasteiger partial charge < -0.3 is 24.9 Å². The van der Waals surface area contributed by atoms with Gasteiger partial charge in [-0.2, -0.15) is 0 Å². The monoisotopic (exact) mass is 480 g/mol. The lowest BCUT2D eigenvalue weighted by molar-refractivity contribution is 0.0951. The third-order valence-corrected chi connectivity index (χ3v) is 5.62. The first-order chi connectivity index (χ1) is 16.4. The van der Waals surface area contributed by atoms with Gasteiger partial charge in [0.2, 0.25) is 0 Å². The molecule has 0 aliphatic carbocycles. The standard InChI is InChI=1S/C24H24N4O5S/c1-3-25-23(29)20-12-18-19(13-28(2)24(30)22(18)27-20)17-11-15(26-14-34(31)32)9-10-21(17)33-16-7-5-4-6-8-16/h4-13,26-27,34H,3,14H2,1-2H3,(H,25,29). The molecule has 0 aliphatic rings. The lowest BCUT2D eigenvalue weighted by atomic mass is 10.0. The van der Waals surface area contributed by atoms with Gasteiger partial charge in [0.25, 0.3) is 11.5 Å². The molecule has 0 bridgehead atoms. The second-order valence-electron chi connectivity index (χ2n) is 7.58. The summed E-state index contributed by atoms with van der Waals surface area (Å²) in [4.78, 5) is 28.2. The summed E-state index contributed by atoms with van der Waals surface area (Å²) in [6.07, 6.45) is 1.67. The molecule has 1 amide bonds. The van der Waals surface area contributed by atoms with E-state index in [1.807, 2.05) is 37.3 Å². The molecule has 0 saturated heterocycles. The maximum atomic E-state index is 12.8. The van der Waals surface area contributed by atoms with Gasteiger partial charge in [-0.1, -0.05) is 18.2 Å². The van der Waals surface area contributed by atoms with E-state index in [0.29, 0.717) is 40.2 Å². The van der Waals surface area contributed by atoms with Gasteiger partial charge in [0.05, 0.1) is 0 Å². The van der Waals surface area contributed by atoms with Crippen molar-refractivity contribution >= 4 is 33.2 Å². The number of ether oxygens (including phenoxy) is 1. The predicted molar refractivity (Wildman–Crippen MR) is 132 cm³/mol. The molecule has 2 heterocycles. The van der Waals surface area contributed by atoms with Gasteiger partial charge >= 0.3 is 0 Å². The third-order valence-electron chi connectivity index (χ3n) is 5.20. The van der Waals surface area contributed by atoms with Crippen molar-refractivity contribution in [2.75, 3.05) is 17.7 Å². The quantitative estimate of drug-likeness (QED) is 0.288. The van der Waals surface area contributed by atoms with Crippen LogP contribution in [0.25, 0.3) is 22.0 Å². The molecule has 176 valence electrons. The van der Waals surface area contributed by atoms with E-state index in [0.717, 1.165) is 0 Å². The molecule has 0 saturated carbocycles.